The molecule has 0 amide bonds. The second-order valence-corrected chi connectivity index (χ2v) is 7.90. The molecule has 0 atom stereocenters. The van der Waals surface area contributed by atoms with E-state index in [1.54, 1.807) is 19.1 Å². The first-order chi connectivity index (χ1) is 15.5. The Morgan fingerprint density at radius 1 is 0.938 bits per heavy atom. The number of rotatable bonds is 7. The Morgan fingerprint density at radius 3 is 2.00 bits per heavy atom. The maximum absolute atomic E-state index is 11.8. The van der Waals surface area contributed by atoms with E-state index in [0.29, 0.717) is 18.9 Å². The second-order valence-electron chi connectivity index (χ2n) is 7.90. The second kappa shape index (κ2) is 9.71. The van der Waals surface area contributed by atoms with Crippen LogP contribution in [0.15, 0.2) is 67.0 Å². The molecule has 0 saturated carbocycles. The smallest absolute Gasteiger partial charge is 0.348 e. The van der Waals surface area contributed by atoms with Gasteiger partial charge in [-0.05, 0) is 11.1 Å². The van der Waals surface area contributed by atoms with E-state index in [0.717, 1.165) is 13.1 Å². The van der Waals surface area contributed by atoms with Gasteiger partial charge in [-0.15, -0.1) is 0 Å². The van der Waals surface area contributed by atoms with Gasteiger partial charge in [-0.25, -0.2) is 15.0 Å². The van der Waals surface area contributed by atoms with Crippen molar-refractivity contribution in [2.75, 3.05) is 50.6 Å². The van der Waals surface area contributed by atoms with Gasteiger partial charge in [0.25, 0.3) is 0 Å². The van der Waals surface area contributed by atoms with E-state index in [9.17, 15) is 10.1 Å². The van der Waals surface area contributed by atoms with E-state index in [1.165, 1.54) is 17.5 Å². The van der Waals surface area contributed by atoms with E-state index < -0.39 is 4.92 Å². The predicted octanol–water partition coefficient (Wildman–Crippen LogP) is 3.18. The molecule has 0 radical (unpaired) electrons. The van der Waals surface area contributed by atoms with Gasteiger partial charge in [0.2, 0.25) is 11.6 Å². The number of benzene rings is 2. The molecule has 1 aliphatic rings. The standard InChI is InChI=1S/C23H27N7O2/c1-27(2)26-22-21(30(31)32)23(25-17-24-22)29-15-13-28(14-16-29)20(18-9-5-3-6-10-18)19-11-7-4-8-12-19/h3-12,17,20H,13-16H2,1-2H3,(H,24,25,26). The molecule has 0 unspecified atom stereocenters. The van der Waals surface area contributed by atoms with E-state index in [1.807, 2.05) is 17.0 Å². The summed E-state index contributed by atoms with van der Waals surface area (Å²) in [7, 11) is 3.52. The van der Waals surface area contributed by atoms with E-state index in [2.05, 4.69) is 68.8 Å². The first kappa shape index (κ1) is 21.7. The number of hydrazine groups is 1. The molecule has 1 aromatic heterocycles. The van der Waals surface area contributed by atoms with Gasteiger partial charge in [0.05, 0.1) is 11.0 Å². The van der Waals surface area contributed by atoms with Crippen LogP contribution in [0.2, 0.25) is 0 Å². The maximum Gasteiger partial charge on any atom is 0.354 e. The van der Waals surface area contributed by atoms with Gasteiger partial charge in [-0.3, -0.25) is 20.4 Å². The lowest BCUT2D eigenvalue weighted by Crippen LogP contribution is -2.48. The SMILES string of the molecule is CN(C)Nc1ncnc(N2CCN(C(c3ccccc3)c3ccccc3)CC2)c1[N+](=O)[O-]. The molecule has 1 N–H and O–H groups in total. The number of hydrogen-bond acceptors (Lipinski definition) is 8. The van der Waals surface area contributed by atoms with Crippen molar-refractivity contribution < 1.29 is 4.92 Å². The number of piperazine rings is 1. The van der Waals surface area contributed by atoms with Crippen LogP contribution >= 0.6 is 0 Å². The van der Waals surface area contributed by atoms with Gasteiger partial charge in [0, 0.05) is 40.3 Å². The Hall–Kier alpha value is -3.56. The monoisotopic (exact) mass is 433 g/mol. The predicted molar refractivity (Wildman–Crippen MR) is 125 cm³/mol. The van der Waals surface area contributed by atoms with Crippen LogP contribution in [0, 0.1) is 10.1 Å². The van der Waals surface area contributed by atoms with Crippen molar-refractivity contribution >= 4 is 17.3 Å². The summed E-state index contributed by atoms with van der Waals surface area (Å²) >= 11 is 0. The summed E-state index contributed by atoms with van der Waals surface area (Å²) in [5.41, 5.74) is 5.28. The number of nitrogens with one attached hydrogen (secondary N) is 1. The summed E-state index contributed by atoms with van der Waals surface area (Å²) in [5.74, 6) is 0.545. The summed E-state index contributed by atoms with van der Waals surface area (Å²) in [4.78, 5) is 24.2. The maximum atomic E-state index is 11.8. The Kier molecular flexibility index (Phi) is 6.58. The van der Waals surface area contributed by atoms with Crippen LogP contribution < -0.4 is 10.3 Å². The zero-order valence-corrected chi connectivity index (χ0v) is 18.3. The molecule has 32 heavy (non-hydrogen) atoms. The Bertz CT molecular complexity index is 999. The van der Waals surface area contributed by atoms with Crippen molar-refractivity contribution in [1.29, 1.82) is 0 Å². The summed E-state index contributed by atoms with van der Waals surface area (Å²) in [5, 5.41) is 13.5. The third-order valence-electron chi connectivity index (χ3n) is 5.52. The molecule has 0 spiro atoms. The molecule has 9 heteroatoms. The fourth-order valence-corrected chi connectivity index (χ4v) is 4.14. The quantitative estimate of drug-likeness (QED) is 0.449. The van der Waals surface area contributed by atoms with Gasteiger partial charge in [0.15, 0.2) is 0 Å². The highest BCUT2D eigenvalue weighted by molar-refractivity contribution is 5.70. The van der Waals surface area contributed by atoms with Crippen molar-refractivity contribution in [1.82, 2.24) is 19.9 Å². The summed E-state index contributed by atoms with van der Waals surface area (Å²) in [6.45, 7) is 2.78. The van der Waals surface area contributed by atoms with Crippen molar-refractivity contribution in [3.05, 3.63) is 88.2 Å². The minimum Gasteiger partial charge on any atom is -0.348 e. The number of nitrogens with zero attached hydrogens (tertiary/aromatic N) is 6. The highest BCUT2D eigenvalue weighted by atomic mass is 16.6. The summed E-state index contributed by atoms with van der Waals surface area (Å²) < 4.78 is 0. The largest absolute Gasteiger partial charge is 0.354 e. The minimum atomic E-state index is -0.412. The number of hydrogen-bond donors (Lipinski definition) is 1. The van der Waals surface area contributed by atoms with Crippen LogP contribution in [0.25, 0.3) is 0 Å². The molecule has 2 aromatic carbocycles. The third kappa shape index (κ3) is 4.68. The fourth-order valence-electron chi connectivity index (χ4n) is 4.14. The van der Waals surface area contributed by atoms with Crippen molar-refractivity contribution in [2.24, 2.45) is 0 Å². The zero-order valence-electron chi connectivity index (χ0n) is 18.3. The lowest BCUT2D eigenvalue weighted by molar-refractivity contribution is -0.383. The molecule has 1 saturated heterocycles. The highest BCUT2D eigenvalue weighted by Gasteiger charge is 2.32. The van der Waals surface area contributed by atoms with Gasteiger partial charge >= 0.3 is 5.69 Å². The Labute approximate surface area is 187 Å². The molecule has 166 valence electrons. The van der Waals surface area contributed by atoms with Crippen molar-refractivity contribution in [2.45, 2.75) is 6.04 Å². The number of anilines is 2. The van der Waals surface area contributed by atoms with Crippen molar-refractivity contribution in [3.8, 4) is 0 Å². The zero-order chi connectivity index (χ0) is 22.5. The molecular weight excluding hydrogens is 406 g/mol. The third-order valence-corrected chi connectivity index (χ3v) is 5.52. The molecule has 1 fully saturated rings. The first-order valence-electron chi connectivity index (χ1n) is 10.6. The van der Waals surface area contributed by atoms with Crippen LogP contribution in [-0.4, -0.2) is 65.1 Å². The van der Waals surface area contributed by atoms with Gasteiger partial charge in [0.1, 0.15) is 6.33 Å². The van der Waals surface area contributed by atoms with Gasteiger partial charge in [-0.2, -0.15) is 0 Å². The normalized spacial score (nSPS) is 14.7. The first-order valence-corrected chi connectivity index (χ1v) is 10.6. The molecule has 3 aromatic rings. The highest BCUT2D eigenvalue weighted by Crippen LogP contribution is 2.34. The lowest BCUT2D eigenvalue weighted by Gasteiger charge is -2.40. The summed E-state index contributed by atoms with van der Waals surface area (Å²) in [6.07, 6.45) is 1.37. The molecule has 9 nitrogen and oxygen atoms in total. The minimum absolute atomic E-state index is 0.0997. The Balaban J connectivity index is 1.58. The van der Waals surface area contributed by atoms with E-state index in [4.69, 9.17) is 0 Å². The molecule has 0 aliphatic carbocycles. The van der Waals surface area contributed by atoms with Crippen LogP contribution in [-0.2, 0) is 0 Å². The molecule has 2 heterocycles. The Morgan fingerprint density at radius 2 is 1.50 bits per heavy atom. The molecule has 4 rings (SSSR count). The molecular formula is C23H27N7O2. The number of aromatic nitrogens is 2. The van der Waals surface area contributed by atoms with E-state index >= 15 is 0 Å². The van der Waals surface area contributed by atoms with Crippen LogP contribution in [0.3, 0.4) is 0 Å². The van der Waals surface area contributed by atoms with Crippen LogP contribution in [0.4, 0.5) is 17.3 Å². The van der Waals surface area contributed by atoms with Crippen LogP contribution in [0.5, 0.6) is 0 Å². The molecule has 0 bridgehead atoms. The van der Waals surface area contributed by atoms with Crippen molar-refractivity contribution in [3.63, 3.8) is 0 Å². The van der Waals surface area contributed by atoms with Gasteiger partial charge in [-0.1, -0.05) is 60.7 Å². The fraction of sp³-hybridized carbons (Fsp3) is 0.304. The lowest BCUT2D eigenvalue weighted by atomic mass is 9.96. The average molecular weight is 434 g/mol. The van der Waals surface area contributed by atoms with Crippen LogP contribution in [0.1, 0.15) is 17.2 Å². The van der Waals surface area contributed by atoms with Gasteiger partial charge < -0.3 is 4.90 Å². The summed E-state index contributed by atoms with van der Waals surface area (Å²) in [6, 6.07) is 21.0. The van der Waals surface area contributed by atoms with E-state index in [-0.39, 0.29) is 17.5 Å². The average Bonchev–Trinajstić information content (AvgIpc) is 2.80. The topological polar surface area (TPSA) is 90.7 Å². The molecule has 1 aliphatic heterocycles. The number of nitro groups is 1.